The zero-order valence-corrected chi connectivity index (χ0v) is 19.4. The number of hydrogen-bond donors (Lipinski definition) is 0. The highest BCUT2D eigenvalue weighted by molar-refractivity contribution is 6.30. The van der Waals surface area contributed by atoms with Crippen molar-refractivity contribution in [2.24, 2.45) is 0 Å². The van der Waals surface area contributed by atoms with Crippen molar-refractivity contribution in [2.75, 3.05) is 4.90 Å². The Morgan fingerprint density at radius 3 is 2.16 bits per heavy atom. The van der Waals surface area contributed by atoms with E-state index in [1.54, 1.807) is 41.3 Å². The summed E-state index contributed by atoms with van der Waals surface area (Å²) in [4.78, 5) is 42.2. The van der Waals surface area contributed by atoms with Gasteiger partial charge in [-0.15, -0.1) is 0 Å². The van der Waals surface area contributed by atoms with Crippen LogP contribution in [0.25, 0.3) is 0 Å². The summed E-state index contributed by atoms with van der Waals surface area (Å²) in [6.07, 6.45) is 0.115. The third-order valence-corrected chi connectivity index (χ3v) is 5.76. The van der Waals surface area contributed by atoms with E-state index in [0.29, 0.717) is 16.6 Å². The number of anilines is 1. The molecule has 0 saturated carbocycles. The Morgan fingerprint density at radius 2 is 1.65 bits per heavy atom. The summed E-state index contributed by atoms with van der Waals surface area (Å²) < 4.78 is 0. The van der Waals surface area contributed by atoms with Gasteiger partial charge in [-0.2, -0.15) is 0 Å². The predicted octanol–water partition coefficient (Wildman–Crippen LogP) is 4.97. The third-order valence-electron chi connectivity index (χ3n) is 5.51. The second-order valence-corrected chi connectivity index (χ2v) is 9.71. The van der Waals surface area contributed by atoms with Crippen LogP contribution in [-0.2, 0) is 20.8 Å². The molecule has 1 aliphatic heterocycles. The van der Waals surface area contributed by atoms with Gasteiger partial charge in [0.1, 0.15) is 6.04 Å². The van der Waals surface area contributed by atoms with E-state index in [0.717, 1.165) is 11.1 Å². The number of rotatable bonds is 5. The second-order valence-electron chi connectivity index (χ2n) is 9.27. The Hall–Kier alpha value is -2.66. The van der Waals surface area contributed by atoms with E-state index in [9.17, 15) is 14.4 Å². The van der Waals surface area contributed by atoms with Crippen LogP contribution in [0.1, 0.15) is 58.1 Å². The van der Waals surface area contributed by atoms with Gasteiger partial charge in [0, 0.05) is 10.6 Å². The van der Waals surface area contributed by atoms with Crippen molar-refractivity contribution in [1.82, 2.24) is 4.90 Å². The molecule has 1 saturated heterocycles. The van der Waals surface area contributed by atoms with E-state index in [4.69, 9.17) is 11.6 Å². The second kappa shape index (κ2) is 8.83. The van der Waals surface area contributed by atoms with Gasteiger partial charge >= 0.3 is 0 Å². The van der Waals surface area contributed by atoms with E-state index >= 15 is 0 Å². The van der Waals surface area contributed by atoms with Crippen molar-refractivity contribution >= 4 is 35.0 Å². The first-order valence-electron chi connectivity index (χ1n) is 10.5. The van der Waals surface area contributed by atoms with Crippen LogP contribution < -0.4 is 4.90 Å². The van der Waals surface area contributed by atoms with Crippen molar-refractivity contribution in [1.29, 1.82) is 0 Å². The minimum Gasteiger partial charge on any atom is -0.325 e. The molecule has 164 valence electrons. The SMILES string of the molecule is CC(C)c1ccc(N2C(=O)CC(N(C(=O)Cc3ccc(Cl)cc3)C(C)(C)C)C2=O)cc1. The lowest BCUT2D eigenvalue weighted by Gasteiger charge is -2.39. The highest BCUT2D eigenvalue weighted by Gasteiger charge is 2.47. The van der Waals surface area contributed by atoms with E-state index in [1.165, 1.54) is 4.90 Å². The van der Waals surface area contributed by atoms with Gasteiger partial charge in [-0.3, -0.25) is 14.4 Å². The Bertz CT molecular complexity index is 975. The van der Waals surface area contributed by atoms with E-state index in [1.807, 2.05) is 32.9 Å². The summed E-state index contributed by atoms with van der Waals surface area (Å²) in [7, 11) is 0. The Morgan fingerprint density at radius 1 is 1.06 bits per heavy atom. The van der Waals surface area contributed by atoms with Gasteiger partial charge in [-0.25, -0.2) is 4.90 Å². The normalized spacial score (nSPS) is 16.9. The van der Waals surface area contributed by atoms with Gasteiger partial charge in [0.25, 0.3) is 5.91 Å². The van der Waals surface area contributed by atoms with Crippen molar-refractivity contribution in [3.05, 3.63) is 64.7 Å². The Balaban J connectivity index is 1.86. The zero-order valence-electron chi connectivity index (χ0n) is 18.7. The fourth-order valence-corrected chi connectivity index (χ4v) is 4.10. The van der Waals surface area contributed by atoms with Crippen LogP contribution >= 0.6 is 11.6 Å². The van der Waals surface area contributed by atoms with Crippen LogP contribution in [0.3, 0.4) is 0 Å². The molecule has 0 N–H and O–H groups in total. The first kappa shape index (κ1) is 23.0. The molecule has 1 heterocycles. The van der Waals surface area contributed by atoms with Crippen LogP contribution in [0.15, 0.2) is 48.5 Å². The molecule has 3 rings (SSSR count). The summed E-state index contributed by atoms with van der Waals surface area (Å²) in [5, 5.41) is 0.597. The predicted molar refractivity (Wildman–Crippen MR) is 123 cm³/mol. The number of hydrogen-bond acceptors (Lipinski definition) is 3. The molecule has 31 heavy (non-hydrogen) atoms. The lowest BCUT2D eigenvalue weighted by atomic mass is 9.99. The van der Waals surface area contributed by atoms with Gasteiger partial charge in [0.05, 0.1) is 18.5 Å². The molecule has 0 aromatic heterocycles. The summed E-state index contributed by atoms with van der Waals surface area (Å²) in [5.41, 5.74) is 1.86. The number of nitrogens with zero attached hydrogens (tertiary/aromatic N) is 2. The maximum atomic E-state index is 13.3. The van der Waals surface area contributed by atoms with Crippen LogP contribution in [0.4, 0.5) is 5.69 Å². The monoisotopic (exact) mass is 440 g/mol. The molecule has 0 spiro atoms. The van der Waals surface area contributed by atoms with Gasteiger partial charge in [0.15, 0.2) is 0 Å². The number of carbonyl (C=O) groups excluding carboxylic acids is 3. The van der Waals surface area contributed by atoms with Crippen molar-refractivity contribution in [2.45, 2.75) is 65.0 Å². The molecule has 3 amide bonds. The smallest absolute Gasteiger partial charge is 0.257 e. The lowest BCUT2D eigenvalue weighted by Crippen LogP contribution is -2.55. The van der Waals surface area contributed by atoms with E-state index < -0.39 is 11.6 Å². The topological polar surface area (TPSA) is 57.7 Å². The minimum atomic E-state index is -0.822. The van der Waals surface area contributed by atoms with Crippen LogP contribution in [0, 0.1) is 0 Å². The maximum absolute atomic E-state index is 13.3. The standard InChI is InChI=1S/C25H29ClN2O3/c1-16(2)18-8-12-20(13-9-18)27-22(29)15-21(24(27)31)28(25(3,4)5)23(30)14-17-6-10-19(26)11-7-17/h6-13,16,21H,14-15H2,1-5H3. The quantitative estimate of drug-likeness (QED) is 0.617. The van der Waals surface area contributed by atoms with Gasteiger partial charge < -0.3 is 4.90 Å². The largest absolute Gasteiger partial charge is 0.325 e. The zero-order chi connectivity index (χ0) is 22.9. The number of carbonyl (C=O) groups is 3. The Labute approximate surface area is 189 Å². The average molecular weight is 441 g/mol. The lowest BCUT2D eigenvalue weighted by molar-refractivity contribution is -0.143. The number of benzene rings is 2. The van der Waals surface area contributed by atoms with Gasteiger partial charge in [-0.1, -0.05) is 49.7 Å². The first-order valence-corrected chi connectivity index (χ1v) is 10.9. The minimum absolute atomic E-state index is 0.0195. The third kappa shape index (κ3) is 4.99. The van der Waals surface area contributed by atoms with E-state index in [2.05, 4.69) is 13.8 Å². The Kier molecular flexibility index (Phi) is 6.56. The molecular weight excluding hydrogens is 412 g/mol. The molecule has 6 heteroatoms. The molecule has 1 fully saturated rings. The molecule has 0 bridgehead atoms. The first-order chi connectivity index (χ1) is 14.5. The molecule has 0 radical (unpaired) electrons. The summed E-state index contributed by atoms with van der Waals surface area (Å²) in [6, 6.07) is 13.7. The van der Waals surface area contributed by atoms with Gasteiger partial charge in [-0.05, 0) is 62.1 Å². The fraction of sp³-hybridized carbons (Fsp3) is 0.400. The summed E-state index contributed by atoms with van der Waals surface area (Å²) in [5.74, 6) is -0.492. The van der Waals surface area contributed by atoms with Crippen molar-refractivity contribution in [3.63, 3.8) is 0 Å². The molecular formula is C25H29ClN2O3. The molecule has 1 unspecified atom stereocenters. The van der Waals surface area contributed by atoms with Crippen LogP contribution in [-0.4, -0.2) is 34.2 Å². The van der Waals surface area contributed by atoms with Crippen molar-refractivity contribution in [3.8, 4) is 0 Å². The number of imide groups is 1. The molecule has 2 aromatic carbocycles. The van der Waals surface area contributed by atoms with Crippen LogP contribution in [0.5, 0.6) is 0 Å². The molecule has 1 aliphatic rings. The number of amides is 3. The maximum Gasteiger partial charge on any atom is 0.257 e. The average Bonchev–Trinajstić information content (AvgIpc) is 2.96. The molecule has 0 aliphatic carbocycles. The van der Waals surface area contributed by atoms with E-state index in [-0.39, 0.29) is 30.6 Å². The summed E-state index contributed by atoms with van der Waals surface area (Å²) >= 11 is 5.94. The molecule has 1 atom stereocenters. The fourth-order valence-electron chi connectivity index (χ4n) is 3.97. The number of halogens is 1. The highest BCUT2D eigenvalue weighted by Crippen LogP contribution is 2.31. The van der Waals surface area contributed by atoms with Gasteiger partial charge in [0.2, 0.25) is 11.8 Å². The van der Waals surface area contributed by atoms with Crippen LogP contribution in [0.2, 0.25) is 5.02 Å². The van der Waals surface area contributed by atoms with Crippen molar-refractivity contribution < 1.29 is 14.4 Å². The molecule has 2 aromatic rings. The highest BCUT2D eigenvalue weighted by atomic mass is 35.5. The summed E-state index contributed by atoms with van der Waals surface area (Å²) in [6.45, 7) is 9.81. The molecule has 5 nitrogen and oxygen atoms in total.